The van der Waals surface area contributed by atoms with Crippen LogP contribution < -0.4 is 0 Å². The highest BCUT2D eigenvalue weighted by atomic mass is 32.2. The van der Waals surface area contributed by atoms with Crippen LogP contribution in [0, 0.1) is 0 Å². The van der Waals surface area contributed by atoms with E-state index >= 15 is 0 Å². The molecule has 1 aromatic heterocycles. The molecule has 1 aliphatic rings. The SMILES string of the molecule is O=S(=O)(c1cnn(CC(F)F)c1)N1CCCC1CCCc1ccccc1. The number of hydrogen-bond acceptors (Lipinski definition) is 3. The summed E-state index contributed by atoms with van der Waals surface area (Å²) < 4.78 is 53.1. The van der Waals surface area contributed by atoms with Crippen molar-refractivity contribution < 1.29 is 17.2 Å². The standard InChI is InChI=1S/C18H23F2N3O2S/c19-18(20)14-22-13-17(12-21-22)26(24,25)23-11-5-10-16(23)9-4-8-15-6-2-1-3-7-15/h1-3,6-7,12-13,16,18H,4-5,8-11,14H2. The fraction of sp³-hybridized carbons (Fsp3) is 0.500. The quantitative estimate of drug-likeness (QED) is 0.703. The lowest BCUT2D eigenvalue weighted by atomic mass is 10.0. The van der Waals surface area contributed by atoms with Crippen molar-refractivity contribution in [3.8, 4) is 0 Å². The number of halogens is 2. The summed E-state index contributed by atoms with van der Waals surface area (Å²) in [6, 6.07) is 10.1. The molecular formula is C18H23F2N3O2S. The van der Waals surface area contributed by atoms with Gasteiger partial charge in [-0.1, -0.05) is 30.3 Å². The number of sulfonamides is 1. The lowest BCUT2D eigenvalue weighted by molar-refractivity contribution is 0.121. The molecule has 0 radical (unpaired) electrons. The third-order valence-corrected chi connectivity index (χ3v) is 6.61. The second-order valence-corrected chi connectivity index (χ2v) is 8.47. The van der Waals surface area contributed by atoms with Gasteiger partial charge in [0.25, 0.3) is 6.43 Å². The summed E-state index contributed by atoms with van der Waals surface area (Å²) in [5.41, 5.74) is 1.24. The Morgan fingerprint density at radius 2 is 2.00 bits per heavy atom. The predicted molar refractivity (Wildman–Crippen MR) is 94.5 cm³/mol. The Balaban J connectivity index is 1.63. The molecule has 0 aliphatic carbocycles. The maximum atomic E-state index is 12.9. The van der Waals surface area contributed by atoms with Gasteiger partial charge < -0.3 is 0 Å². The third kappa shape index (κ3) is 4.48. The van der Waals surface area contributed by atoms with Crippen LogP contribution in [0.4, 0.5) is 8.78 Å². The molecule has 0 amide bonds. The maximum absolute atomic E-state index is 12.9. The highest BCUT2D eigenvalue weighted by Gasteiger charge is 2.35. The minimum absolute atomic E-state index is 0.00638. The smallest absolute Gasteiger partial charge is 0.257 e. The minimum Gasteiger partial charge on any atom is -0.266 e. The molecule has 1 saturated heterocycles. The van der Waals surface area contributed by atoms with Crippen LogP contribution in [0.1, 0.15) is 31.2 Å². The molecule has 2 aromatic rings. The van der Waals surface area contributed by atoms with E-state index in [2.05, 4.69) is 17.2 Å². The van der Waals surface area contributed by atoms with E-state index in [-0.39, 0.29) is 10.9 Å². The van der Waals surface area contributed by atoms with E-state index < -0.39 is 23.0 Å². The van der Waals surface area contributed by atoms with Crippen LogP contribution in [0.5, 0.6) is 0 Å². The van der Waals surface area contributed by atoms with Gasteiger partial charge in [-0.05, 0) is 37.7 Å². The topological polar surface area (TPSA) is 55.2 Å². The summed E-state index contributed by atoms with van der Waals surface area (Å²) >= 11 is 0. The molecule has 5 nitrogen and oxygen atoms in total. The predicted octanol–water partition coefficient (Wildman–Crippen LogP) is 3.32. The second kappa shape index (κ2) is 8.26. The van der Waals surface area contributed by atoms with Gasteiger partial charge >= 0.3 is 0 Å². The Kier molecular flexibility index (Phi) is 6.03. The Morgan fingerprint density at radius 3 is 2.73 bits per heavy atom. The lowest BCUT2D eigenvalue weighted by Crippen LogP contribution is -2.35. The van der Waals surface area contributed by atoms with Crippen molar-refractivity contribution in [2.24, 2.45) is 0 Å². The molecule has 0 spiro atoms. The summed E-state index contributed by atoms with van der Waals surface area (Å²) in [7, 11) is -3.69. The molecule has 1 atom stereocenters. The Labute approximate surface area is 152 Å². The van der Waals surface area contributed by atoms with Crippen molar-refractivity contribution in [3.63, 3.8) is 0 Å². The average Bonchev–Trinajstić information content (AvgIpc) is 3.25. The highest BCUT2D eigenvalue weighted by Crippen LogP contribution is 2.29. The van der Waals surface area contributed by atoms with Crippen LogP contribution in [0.3, 0.4) is 0 Å². The van der Waals surface area contributed by atoms with E-state index in [0.717, 1.165) is 43.0 Å². The monoisotopic (exact) mass is 383 g/mol. The molecule has 0 bridgehead atoms. The van der Waals surface area contributed by atoms with Gasteiger partial charge in [0.2, 0.25) is 10.0 Å². The van der Waals surface area contributed by atoms with Crippen molar-refractivity contribution in [1.82, 2.24) is 14.1 Å². The number of hydrogen-bond donors (Lipinski definition) is 0. The fourth-order valence-corrected chi connectivity index (χ4v) is 5.13. The molecule has 0 saturated carbocycles. The summed E-state index contributed by atoms with van der Waals surface area (Å²) in [5.74, 6) is 0. The van der Waals surface area contributed by atoms with Gasteiger partial charge in [0.05, 0.1) is 6.20 Å². The summed E-state index contributed by atoms with van der Waals surface area (Å²) in [6.45, 7) is -0.131. The summed E-state index contributed by atoms with van der Waals surface area (Å²) in [5, 5.41) is 3.75. The first-order chi connectivity index (χ1) is 12.5. The molecule has 2 heterocycles. The van der Waals surface area contributed by atoms with Crippen molar-refractivity contribution in [1.29, 1.82) is 0 Å². The van der Waals surface area contributed by atoms with Gasteiger partial charge in [0, 0.05) is 18.8 Å². The number of aryl methyl sites for hydroxylation is 1. The summed E-state index contributed by atoms with van der Waals surface area (Å²) in [6.07, 6.45) is 4.06. The van der Waals surface area contributed by atoms with Gasteiger partial charge in [0.15, 0.2) is 0 Å². The molecular weight excluding hydrogens is 360 g/mol. The second-order valence-electron chi connectivity index (χ2n) is 6.58. The minimum atomic E-state index is -3.69. The molecule has 142 valence electrons. The van der Waals surface area contributed by atoms with Crippen LogP contribution in [0.15, 0.2) is 47.6 Å². The number of alkyl halides is 2. The van der Waals surface area contributed by atoms with E-state index in [0.29, 0.717) is 6.54 Å². The van der Waals surface area contributed by atoms with Crippen LogP contribution in [0.2, 0.25) is 0 Å². The molecule has 8 heteroatoms. The highest BCUT2D eigenvalue weighted by molar-refractivity contribution is 7.89. The number of benzene rings is 1. The number of rotatable bonds is 8. The van der Waals surface area contributed by atoms with Gasteiger partial charge in [-0.15, -0.1) is 0 Å². The van der Waals surface area contributed by atoms with Gasteiger partial charge in [-0.25, -0.2) is 17.2 Å². The zero-order chi connectivity index (χ0) is 18.6. The van der Waals surface area contributed by atoms with Crippen molar-refractivity contribution >= 4 is 10.0 Å². The normalized spacial score (nSPS) is 18.7. The van der Waals surface area contributed by atoms with E-state index in [1.165, 1.54) is 16.1 Å². The molecule has 1 fully saturated rings. The molecule has 1 aliphatic heterocycles. The fourth-order valence-electron chi connectivity index (χ4n) is 3.46. The van der Waals surface area contributed by atoms with Crippen molar-refractivity contribution in [2.75, 3.05) is 6.54 Å². The Hall–Kier alpha value is -1.80. The van der Waals surface area contributed by atoms with Crippen molar-refractivity contribution in [2.45, 2.75) is 56.0 Å². The summed E-state index contributed by atoms with van der Waals surface area (Å²) in [4.78, 5) is -0.00638. The van der Waals surface area contributed by atoms with E-state index in [1.807, 2.05) is 18.2 Å². The first kappa shape index (κ1) is 19.0. The number of nitrogens with zero attached hydrogens (tertiary/aromatic N) is 3. The van der Waals surface area contributed by atoms with Crippen molar-refractivity contribution in [3.05, 3.63) is 48.3 Å². The molecule has 1 unspecified atom stereocenters. The van der Waals surface area contributed by atoms with E-state index in [4.69, 9.17) is 0 Å². The van der Waals surface area contributed by atoms with Crippen LogP contribution in [-0.2, 0) is 23.0 Å². The largest absolute Gasteiger partial charge is 0.266 e. The van der Waals surface area contributed by atoms with Crippen LogP contribution in [0.25, 0.3) is 0 Å². The molecule has 1 aromatic carbocycles. The Morgan fingerprint density at radius 1 is 1.23 bits per heavy atom. The molecule has 26 heavy (non-hydrogen) atoms. The van der Waals surface area contributed by atoms with Crippen LogP contribution >= 0.6 is 0 Å². The zero-order valence-corrected chi connectivity index (χ0v) is 15.3. The average molecular weight is 383 g/mol. The van der Waals surface area contributed by atoms with Crippen LogP contribution in [-0.4, -0.2) is 41.5 Å². The van der Waals surface area contributed by atoms with Gasteiger partial charge in [-0.3, -0.25) is 4.68 Å². The van der Waals surface area contributed by atoms with E-state index in [9.17, 15) is 17.2 Å². The van der Waals surface area contributed by atoms with Gasteiger partial charge in [0.1, 0.15) is 11.4 Å². The first-order valence-corrected chi connectivity index (χ1v) is 10.3. The molecule has 3 rings (SSSR count). The Bertz CT molecular complexity index is 809. The number of aromatic nitrogens is 2. The zero-order valence-electron chi connectivity index (χ0n) is 14.5. The first-order valence-electron chi connectivity index (χ1n) is 8.83. The molecule has 0 N–H and O–H groups in total. The van der Waals surface area contributed by atoms with Gasteiger partial charge in [-0.2, -0.15) is 9.40 Å². The van der Waals surface area contributed by atoms with E-state index in [1.54, 1.807) is 0 Å². The maximum Gasteiger partial charge on any atom is 0.257 e. The third-order valence-electron chi connectivity index (χ3n) is 4.71. The lowest BCUT2D eigenvalue weighted by Gasteiger charge is -2.23.